The lowest BCUT2D eigenvalue weighted by Gasteiger charge is -1.87. The first-order valence-electron chi connectivity index (χ1n) is 4.07. The Labute approximate surface area is 84.8 Å². The number of nitrogens with zero attached hydrogens (tertiary/aromatic N) is 3. The number of hydrogen-bond acceptors (Lipinski definition) is 4. The third-order valence-corrected chi connectivity index (χ3v) is 2.96. The maximum atomic E-state index is 5.86. The summed E-state index contributed by atoms with van der Waals surface area (Å²) in [5, 5.41) is 1.53. The standard InChI is InChI=1S/C8H8ClN3S/c1-2-3-5-12-6-7(9)10-4-11-8(6)13-5/h4H,2-3H2,1H3. The Bertz CT molecular complexity index is 426. The van der Waals surface area contributed by atoms with Crippen molar-refractivity contribution in [1.29, 1.82) is 0 Å². The molecule has 68 valence electrons. The van der Waals surface area contributed by atoms with Crippen molar-refractivity contribution in [1.82, 2.24) is 15.0 Å². The molecule has 0 bridgehead atoms. The number of halogens is 1. The van der Waals surface area contributed by atoms with Crippen LogP contribution in [0.2, 0.25) is 5.15 Å². The quantitative estimate of drug-likeness (QED) is 0.720. The van der Waals surface area contributed by atoms with Crippen LogP contribution in [0.25, 0.3) is 10.3 Å². The summed E-state index contributed by atoms with van der Waals surface area (Å²) < 4.78 is 0. The highest BCUT2D eigenvalue weighted by Crippen LogP contribution is 2.24. The molecule has 0 fully saturated rings. The van der Waals surface area contributed by atoms with Gasteiger partial charge in [0.05, 0.1) is 5.01 Å². The van der Waals surface area contributed by atoms with Crippen LogP contribution in [0.15, 0.2) is 6.33 Å². The van der Waals surface area contributed by atoms with Gasteiger partial charge in [-0.2, -0.15) is 0 Å². The Morgan fingerprint density at radius 1 is 1.46 bits per heavy atom. The van der Waals surface area contributed by atoms with Crippen LogP contribution in [0, 0.1) is 0 Å². The van der Waals surface area contributed by atoms with Gasteiger partial charge in [0.25, 0.3) is 0 Å². The van der Waals surface area contributed by atoms with E-state index in [9.17, 15) is 0 Å². The number of aromatic nitrogens is 3. The first kappa shape index (κ1) is 8.84. The highest BCUT2D eigenvalue weighted by molar-refractivity contribution is 7.18. The van der Waals surface area contributed by atoms with Crippen LogP contribution in [-0.4, -0.2) is 15.0 Å². The summed E-state index contributed by atoms with van der Waals surface area (Å²) in [7, 11) is 0. The third-order valence-electron chi connectivity index (χ3n) is 1.66. The lowest BCUT2D eigenvalue weighted by molar-refractivity contribution is 0.912. The van der Waals surface area contributed by atoms with Crippen molar-refractivity contribution in [3.63, 3.8) is 0 Å². The number of aryl methyl sites for hydroxylation is 1. The topological polar surface area (TPSA) is 38.7 Å². The zero-order valence-corrected chi connectivity index (χ0v) is 8.69. The Kier molecular flexibility index (Phi) is 2.42. The van der Waals surface area contributed by atoms with Gasteiger partial charge in [0, 0.05) is 0 Å². The zero-order valence-electron chi connectivity index (χ0n) is 7.12. The maximum absolute atomic E-state index is 5.86. The third kappa shape index (κ3) is 1.64. The Morgan fingerprint density at radius 3 is 3.00 bits per heavy atom. The van der Waals surface area contributed by atoms with Crippen molar-refractivity contribution in [2.24, 2.45) is 0 Å². The second-order valence-corrected chi connectivity index (χ2v) is 4.10. The molecule has 0 radical (unpaired) electrons. The van der Waals surface area contributed by atoms with Gasteiger partial charge in [0.2, 0.25) is 0 Å². The summed E-state index contributed by atoms with van der Waals surface area (Å²) in [4.78, 5) is 13.2. The molecule has 0 aromatic carbocycles. The second-order valence-electron chi connectivity index (χ2n) is 2.68. The van der Waals surface area contributed by atoms with E-state index in [1.165, 1.54) is 6.33 Å². The minimum absolute atomic E-state index is 0.448. The summed E-state index contributed by atoms with van der Waals surface area (Å²) in [6, 6.07) is 0. The Hall–Kier alpha value is -0.740. The molecular formula is C8H8ClN3S. The van der Waals surface area contributed by atoms with Crippen LogP contribution in [0.3, 0.4) is 0 Å². The highest BCUT2D eigenvalue weighted by Gasteiger charge is 2.07. The predicted molar refractivity (Wildman–Crippen MR) is 54.2 cm³/mol. The largest absolute Gasteiger partial charge is 0.236 e. The molecule has 2 rings (SSSR count). The number of fused-ring (bicyclic) bond motifs is 1. The van der Waals surface area contributed by atoms with Gasteiger partial charge in [-0.3, -0.25) is 0 Å². The summed E-state index contributed by atoms with van der Waals surface area (Å²) in [6.45, 7) is 2.12. The average Bonchev–Trinajstić information content (AvgIpc) is 2.49. The van der Waals surface area contributed by atoms with E-state index in [1.54, 1.807) is 11.3 Å². The van der Waals surface area contributed by atoms with Crippen molar-refractivity contribution in [2.75, 3.05) is 0 Å². The van der Waals surface area contributed by atoms with Crippen molar-refractivity contribution in [3.8, 4) is 0 Å². The summed E-state index contributed by atoms with van der Waals surface area (Å²) in [6.07, 6.45) is 3.54. The van der Waals surface area contributed by atoms with Gasteiger partial charge in [-0.25, -0.2) is 15.0 Å². The molecule has 0 aliphatic carbocycles. The molecule has 0 atom stereocenters. The van der Waals surface area contributed by atoms with Crippen LogP contribution in [0.1, 0.15) is 18.4 Å². The van der Waals surface area contributed by atoms with Gasteiger partial charge in [-0.1, -0.05) is 29.9 Å². The molecule has 0 aliphatic rings. The molecule has 0 unspecified atom stereocenters. The van der Waals surface area contributed by atoms with Crippen LogP contribution in [0.4, 0.5) is 0 Å². The van der Waals surface area contributed by atoms with Crippen molar-refractivity contribution in [3.05, 3.63) is 16.5 Å². The monoisotopic (exact) mass is 213 g/mol. The van der Waals surface area contributed by atoms with Crippen molar-refractivity contribution >= 4 is 33.3 Å². The fourth-order valence-electron chi connectivity index (χ4n) is 1.09. The molecule has 0 spiro atoms. The molecule has 13 heavy (non-hydrogen) atoms. The molecular weight excluding hydrogens is 206 g/mol. The molecule has 0 amide bonds. The van der Waals surface area contributed by atoms with E-state index in [0.717, 1.165) is 28.2 Å². The van der Waals surface area contributed by atoms with Crippen molar-refractivity contribution < 1.29 is 0 Å². The predicted octanol–water partition coefficient (Wildman–Crippen LogP) is 2.69. The van der Waals surface area contributed by atoms with Crippen LogP contribution in [0.5, 0.6) is 0 Å². The SMILES string of the molecule is CCCc1nc2c(Cl)ncnc2s1. The molecule has 0 saturated carbocycles. The Morgan fingerprint density at radius 2 is 2.31 bits per heavy atom. The minimum Gasteiger partial charge on any atom is -0.236 e. The van der Waals surface area contributed by atoms with E-state index in [4.69, 9.17) is 11.6 Å². The first-order chi connectivity index (χ1) is 6.31. The first-order valence-corrected chi connectivity index (χ1v) is 5.26. The minimum atomic E-state index is 0.448. The molecule has 2 aromatic rings. The number of hydrogen-bond donors (Lipinski definition) is 0. The lowest BCUT2D eigenvalue weighted by Crippen LogP contribution is -1.81. The highest BCUT2D eigenvalue weighted by atomic mass is 35.5. The fraction of sp³-hybridized carbons (Fsp3) is 0.375. The molecule has 0 N–H and O–H groups in total. The van der Waals surface area contributed by atoms with Gasteiger partial charge in [0.15, 0.2) is 5.15 Å². The second kappa shape index (κ2) is 3.55. The van der Waals surface area contributed by atoms with Gasteiger partial charge in [-0.05, 0) is 12.8 Å². The van der Waals surface area contributed by atoms with Crippen molar-refractivity contribution in [2.45, 2.75) is 19.8 Å². The molecule has 0 saturated heterocycles. The molecule has 2 heterocycles. The fourth-order valence-corrected chi connectivity index (χ4v) is 2.33. The summed E-state index contributed by atoms with van der Waals surface area (Å²) >= 11 is 7.45. The van der Waals surface area contributed by atoms with E-state index < -0.39 is 0 Å². The summed E-state index contributed by atoms with van der Waals surface area (Å²) in [5.74, 6) is 0. The van der Waals surface area contributed by atoms with E-state index in [-0.39, 0.29) is 0 Å². The van der Waals surface area contributed by atoms with E-state index in [0.29, 0.717) is 5.15 Å². The van der Waals surface area contributed by atoms with Gasteiger partial charge < -0.3 is 0 Å². The van der Waals surface area contributed by atoms with Gasteiger partial charge in [0.1, 0.15) is 16.7 Å². The molecule has 5 heteroatoms. The molecule has 0 aliphatic heterocycles. The van der Waals surface area contributed by atoms with Gasteiger partial charge >= 0.3 is 0 Å². The van der Waals surface area contributed by atoms with E-state index >= 15 is 0 Å². The maximum Gasteiger partial charge on any atom is 0.159 e. The smallest absolute Gasteiger partial charge is 0.159 e. The van der Waals surface area contributed by atoms with Crippen LogP contribution in [-0.2, 0) is 6.42 Å². The Balaban J connectivity index is 2.55. The average molecular weight is 214 g/mol. The van der Waals surface area contributed by atoms with Crippen LogP contribution < -0.4 is 0 Å². The van der Waals surface area contributed by atoms with E-state index in [2.05, 4.69) is 21.9 Å². The van der Waals surface area contributed by atoms with E-state index in [1.807, 2.05) is 0 Å². The molecule has 2 aromatic heterocycles. The number of rotatable bonds is 2. The zero-order chi connectivity index (χ0) is 9.26. The normalized spacial score (nSPS) is 10.9. The van der Waals surface area contributed by atoms with Crippen LogP contribution >= 0.6 is 22.9 Å². The number of thiazole rings is 1. The van der Waals surface area contributed by atoms with Gasteiger partial charge in [-0.15, -0.1) is 0 Å². The summed E-state index contributed by atoms with van der Waals surface area (Å²) in [5.41, 5.74) is 0.734. The molecule has 3 nitrogen and oxygen atoms in total. The lowest BCUT2D eigenvalue weighted by atomic mass is 10.4.